The summed E-state index contributed by atoms with van der Waals surface area (Å²) in [5, 5.41) is 2.69. The summed E-state index contributed by atoms with van der Waals surface area (Å²) in [7, 11) is 1.29. The third kappa shape index (κ3) is 3.23. The van der Waals surface area contributed by atoms with E-state index in [1.54, 1.807) is 26.0 Å². The van der Waals surface area contributed by atoms with Crippen molar-refractivity contribution in [3.63, 3.8) is 0 Å². The number of H-pyrrole nitrogens is 1. The Kier molecular flexibility index (Phi) is 4.49. The molecule has 7 heteroatoms. The number of nitrogens with one attached hydrogen (secondary N) is 2. The molecule has 0 aliphatic heterocycles. The summed E-state index contributed by atoms with van der Waals surface area (Å²) in [6.07, 6.45) is 0. The molecule has 23 heavy (non-hydrogen) atoms. The molecule has 0 saturated carbocycles. The summed E-state index contributed by atoms with van der Waals surface area (Å²) in [6.45, 7) is 3.36. The minimum atomic E-state index is -0.540. The Morgan fingerprint density at radius 1 is 1.13 bits per heavy atom. The van der Waals surface area contributed by atoms with E-state index in [0.29, 0.717) is 28.1 Å². The van der Waals surface area contributed by atoms with Crippen LogP contribution in [0.2, 0.25) is 0 Å². The molecule has 7 nitrogen and oxygen atoms in total. The van der Waals surface area contributed by atoms with Crippen LogP contribution < -0.4 is 11.1 Å². The van der Waals surface area contributed by atoms with Crippen LogP contribution in [-0.2, 0) is 4.74 Å². The number of aromatic amines is 1. The monoisotopic (exact) mass is 315 g/mol. The number of methoxy groups -OCH3 is 1. The van der Waals surface area contributed by atoms with Crippen LogP contribution in [0.5, 0.6) is 0 Å². The molecule has 0 atom stereocenters. The number of primary amides is 1. The minimum absolute atomic E-state index is 0.280. The van der Waals surface area contributed by atoms with Crippen molar-refractivity contribution in [2.75, 3.05) is 12.4 Å². The Bertz CT molecular complexity index is 775. The lowest BCUT2D eigenvalue weighted by Crippen LogP contribution is -2.15. The van der Waals surface area contributed by atoms with Gasteiger partial charge in [-0.2, -0.15) is 0 Å². The Morgan fingerprint density at radius 2 is 1.74 bits per heavy atom. The molecule has 1 aromatic carbocycles. The first-order valence-corrected chi connectivity index (χ1v) is 6.83. The lowest BCUT2D eigenvalue weighted by molar-refractivity contribution is 0.0599. The Balaban J connectivity index is 2.24. The first-order chi connectivity index (χ1) is 10.8. The van der Waals surface area contributed by atoms with Crippen LogP contribution in [0.1, 0.15) is 42.5 Å². The van der Waals surface area contributed by atoms with Crippen LogP contribution in [0.15, 0.2) is 24.3 Å². The van der Waals surface area contributed by atoms with E-state index in [2.05, 4.69) is 10.3 Å². The molecule has 0 radical (unpaired) electrons. The summed E-state index contributed by atoms with van der Waals surface area (Å²) in [4.78, 5) is 38.0. The molecule has 120 valence electrons. The highest BCUT2D eigenvalue weighted by atomic mass is 16.5. The van der Waals surface area contributed by atoms with E-state index in [0.717, 1.165) is 0 Å². The number of carbonyl (C=O) groups is 3. The molecular formula is C16H17N3O4. The van der Waals surface area contributed by atoms with Crippen molar-refractivity contribution in [2.24, 2.45) is 5.73 Å². The van der Waals surface area contributed by atoms with Gasteiger partial charge in [-0.05, 0) is 43.7 Å². The number of anilines is 1. The molecule has 2 rings (SSSR count). The van der Waals surface area contributed by atoms with E-state index in [9.17, 15) is 14.4 Å². The average Bonchev–Trinajstić information content (AvgIpc) is 2.82. The third-order valence-electron chi connectivity index (χ3n) is 3.48. The molecule has 1 aromatic heterocycles. The van der Waals surface area contributed by atoms with Gasteiger partial charge in [-0.15, -0.1) is 0 Å². The van der Waals surface area contributed by atoms with Crippen LogP contribution in [0.25, 0.3) is 0 Å². The van der Waals surface area contributed by atoms with Gasteiger partial charge >= 0.3 is 5.97 Å². The van der Waals surface area contributed by atoms with Crippen LogP contribution in [0.4, 0.5) is 5.69 Å². The van der Waals surface area contributed by atoms with Gasteiger partial charge in [-0.1, -0.05) is 0 Å². The summed E-state index contributed by atoms with van der Waals surface area (Å²) in [5.74, 6) is -1.44. The molecular weight excluding hydrogens is 298 g/mol. The van der Waals surface area contributed by atoms with Gasteiger partial charge in [0, 0.05) is 16.9 Å². The largest absolute Gasteiger partial charge is 0.465 e. The molecule has 0 fully saturated rings. The summed E-state index contributed by atoms with van der Waals surface area (Å²) in [5.41, 5.74) is 7.72. The van der Waals surface area contributed by atoms with Crippen LogP contribution in [-0.4, -0.2) is 29.9 Å². The average molecular weight is 315 g/mol. The van der Waals surface area contributed by atoms with Crippen LogP contribution in [0.3, 0.4) is 0 Å². The molecule has 0 aliphatic carbocycles. The fourth-order valence-corrected chi connectivity index (χ4v) is 2.30. The second-order valence-corrected chi connectivity index (χ2v) is 5.01. The number of amides is 2. The van der Waals surface area contributed by atoms with Crippen molar-refractivity contribution in [2.45, 2.75) is 13.8 Å². The lowest BCUT2D eigenvalue weighted by Gasteiger charge is -2.05. The summed E-state index contributed by atoms with van der Waals surface area (Å²) >= 11 is 0. The Hall–Kier alpha value is -3.09. The van der Waals surface area contributed by atoms with E-state index in [1.807, 2.05) is 0 Å². The van der Waals surface area contributed by atoms with Crippen LogP contribution in [0, 0.1) is 13.8 Å². The summed E-state index contributed by atoms with van der Waals surface area (Å²) < 4.78 is 4.71. The maximum absolute atomic E-state index is 12.3. The number of rotatable bonds is 4. The Morgan fingerprint density at radius 3 is 2.26 bits per heavy atom. The molecule has 0 unspecified atom stereocenters. The van der Waals surface area contributed by atoms with E-state index >= 15 is 0 Å². The number of ether oxygens (including phenoxy) is 1. The predicted molar refractivity (Wildman–Crippen MR) is 84.5 cm³/mol. The van der Waals surface area contributed by atoms with Gasteiger partial charge in [0.15, 0.2) is 0 Å². The maximum Gasteiger partial charge on any atom is 0.339 e. The number of aryl methyl sites for hydroxylation is 1. The fourth-order valence-electron chi connectivity index (χ4n) is 2.30. The van der Waals surface area contributed by atoms with Crippen molar-refractivity contribution in [1.82, 2.24) is 4.98 Å². The molecule has 2 amide bonds. The second kappa shape index (κ2) is 6.35. The number of hydrogen-bond acceptors (Lipinski definition) is 4. The molecule has 2 aromatic rings. The third-order valence-corrected chi connectivity index (χ3v) is 3.48. The van der Waals surface area contributed by atoms with Crippen LogP contribution >= 0.6 is 0 Å². The highest BCUT2D eigenvalue weighted by Crippen LogP contribution is 2.20. The molecule has 0 bridgehead atoms. The van der Waals surface area contributed by atoms with Crippen molar-refractivity contribution < 1.29 is 19.1 Å². The quantitative estimate of drug-likeness (QED) is 0.746. The van der Waals surface area contributed by atoms with E-state index < -0.39 is 17.8 Å². The highest BCUT2D eigenvalue weighted by Gasteiger charge is 2.22. The molecule has 1 heterocycles. The highest BCUT2D eigenvalue weighted by molar-refractivity contribution is 6.07. The summed E-state index contributed by atoms with van der Waals surface area (Å²) in [6, 6.07) is 6.18. The number of carbonyl (C=O) groups excluding carboxylic acids is 3. The van der Waals surface area contributed by atoms with Crippen molar-refractivity contribution in [3.05, 3.63) is 52.3 Å². The zero-order chi connectivity index (χ0) is 17.1. The topological polar surface area (TPSA) is 114 Å². The number of esters is 1. The van der Waals surface area contributed by atoms with E-state index in [-0.39, 0.29) is 5.69 Å². The molecule has 4 N–H and O–H groups in total. The molecule has 0 saturated heterocycles. The van der Waals surface area contributed by atoms with E-state index in [1.165, 1.54) is 19.2 Å². The Labute approximate surface area is 132 Å². The number of nitrogens with two attached hydrogens (primary N) is 1. The van der Waals surface area contributed by atoms with E-state index in [4.69, 9.17) is 10.5 Å². The number of hydrogen-bond donors (Lipinski definition) is 3. The van der Waals surface area contributed by atoms with Gasteiger partial charge in [-0.25, -0.2) is 4.79 Å². The van der Waals surface area contributed by atoms with Crippen molar-refractivity contribution >= 4 is 23.5 Å². The maximum atomic E-state index is 12.3. The fraction of sp³-hybridized carbons (Fsp3) is 0.188. The standard InChI is InChI=1S/C16H17N3O4/c1-8-12(16(22)23-3)9(2)18-13(8)15(21)19-11-6-4-10(5-7-11)14(17)20/h4-7,18H,1-3H3,(H2,17,20)(H,19,21). The SMILES string of the molecule is COC(=O)c1c(C)[nH]c(C(=O)Nc2ccc(C(N)=O)cc2)c1C. The zero-order valence-electron chi connectivity index (χ0n) is 13.0. The normalized spacial score (nSPS) is 10.2. The van der Waals surface area contributed by atoms with Gasteiger partial charge in [0.2, 0.25) is 5.91 Å². The van der Waals surface area contributed by atoms with Gasteiger partial charge in [0.1, 0.15) is 5.69 Å². The van der Waals surface area contributed by atoms with Crippen molar-refractivity contribution in [3.8, 4) is 0 Å². The van der Waals surface area contributed by atoms with Gasteiger partial charge in [0.05, 0.1) is 12.7 Å². The molecule has 0 spiro atoms. The van der Waals surface area contributed by atoms with Gasteiger partial charge in [-0.3, -0.25) is 9.59 Å². The van der Waals surface area contributed by atoms with Gasteiger partial charge < -0.3 is 20.8 Å². The molecule has 0 aliphatic rings. The minimum Gasteiger partial charge on any atom is -0.465 e. The van der Waals surface area contributed by atoms with Gasteiger partial charge in [0.25, 0.3) is 5.91 Å². The number of aromatic nitrogens is 1. The number of benzene rings is 1. The zero-order valence-corrected chi connectivity index (χ0v) is 13.0. The smallest absolute Gasteiger partial charge is 0.339 e. The lowest BCUT2D eigenvalue weighted by atomic mass is 10.1. The second-order valence-electron chi connectivity index (χ2n) is 5.01. The predicted octanol–water partition coefficient (Wildman–Crippen LogP) is 1.77. The van der Waals surface area contributed by atoms with Crippen molar-refractivity contribution in [1.29, 1.82) is 0 Å². The first kappa shape index (κ1) is 16.3. The first-order valence-electron chi connectivity index (χ1n) is 6.83.